The van der Waals surface area contributed by atoms with Crippen molar-refractivity contribution in [2.24, 2.45) is 0 Å². The molecule has 64 heavy (non-hydrogen) atoms. The highest BCUT2D eigenvalue weighted by molar-refractivity contribution is 5.76. The van der Waals surface area contributed by atoms with E-state index in [4.69, 9.17) is 4.74 Å². The number of hydrogen-bond donors (Lipinski definition) is 3. The Hall–Kier alpha value is -1.40. The average Bonchev–Trinajstić information content (AvgIpc) is 3.29. The minimum Gasteiger partial charge on any atom is -0.466 e. The van der Waals surface area contributed by atoms with Gasteiger partial charge in [-0.1, -0.05) is 270 Å². The van der Waals surface area contributed by atoms with E-state index in [-0.39, 0.29) is 18.5 Å². The molecule has 6 nitrogen and oxygen atoms in total. The number of unbranched alkanes of at least 4 members (excludes halogenated alkanes) is 41. The van der Waals surface area contributed by atoms with E-state index in [2.05, 4.69) is 31.3 Å². The number of esters is 1. The largest absolute Gasteiger partial charge is 0.466 e. The van der Waals surface area contributed by atoms with Gasteiger partial charge in [0.05, 0.1) is 25.4 Å². The van der Waals surface area contributed by atoms with Gasteiger partial charge in [-0.25, -0.2) is 0 Å². The third-order valence-electron chi connectivity index (χ3n) is 13.6. The van der Waals surface area contributed by atoms with Crippen LogP contribution in [0.1, 0.15) is 322 Å². The minimum absolute atomic E-state index is 0.00957. The topological polar surface area (TPSA) is 95.9 Å². The Kier molecular flexibility index (Phi) is 53.0. The Morgan fingerprint density at radius 3 is 1.11 bits per heavy atom. The summed E-state index contributed by atoms with van der Waals surface area (Å²) in [5, 5.41) is 23.3. The van der Waals surface area contributed by atoms with Crippen LogP contribution < -0.4 is 5.32 Å². The van der Waals surface area contributed by atoms with Crippen molar-refractivity contribution in [1.82, 2.24) is 5.32 Å². The fraction of sp³-hybridized carbons (Fsp3) is 0.931. The number of hydrogen-bond acceptors (Lipinski definition) is 5. The van der Waals surface area contributed by atoms with Gasteiger partial charge < -0.3 is 20.3 Å². The lowest BCUT2D eigenvalue weighted by Crippen LogP contribution is -2.45. The molecule has 0 bridgehead atoms. The maximum atomic E-state index is 12.5. The van der Waals surface area contributed by atoms with E-state index in [1.165, 1.54) is 218 Å². The van der Waals surface area contributed by atoms with Crippen LogP contribution in [0, 0.1) is 0 Å². The molecule has 1 amide bonds. The van der Waals surface area contributed by atoms with Gasteiger partial charge >= 0.3 is 5.97 Å². The molecule has 0 aromatic heterocycles. The van der Waals surface area contributed by atoms with Gasteiger partial charge in [-0.3, -0.25) is 9.59 Å². The predicted octanol–water partition coefficient (Wildman–Crippen LogP) is 17.7. The first-order chi connectivity index (χ1) is 31.5. The van der Waals surface area contributed by atoms with Crippen molar-refractivity contribution in [2.75, 3.05) is 13.2 Å². The first kappa shape index (κ1) is 62.6. The lowest BCUT2D eigenvalue weighted by molar-refractivity contribution is -0.143. The molecule has 0 aliphatic carbocycles. The number of ether oxygens (including phenoxy) is 1. The third-order valence-corrected chi connectivity index (χ3v) is 13.6. The van der Waals surface area contributed by atoms with Gasteiger partial charge in [0.15, 0.2) is 0 Å². The lowest BCUT2D eigenvalue weighted by Gasteiger charge is -2.22. The predicted molar refractivity (Wildman–Crippen MR) is 278 cm³/mol. The van der Waals surface area contributed by atoms with Crippen molar-refractivity contribution in [3.63, 3.8) is 0 Å². The Labute approximate surface area is 399 Å². The molecule has 0 radical (unpaired) electrons. The zero-order chi connectivity index (χ0) is 46.5. The number of allylic oxidation sites excluding steroid dienone is 2. The monoisotopic (exact) mass is 904 g/mol. The van der Waals surface area contributed by atoms with Crippen LogP contribution in [0.15, 0.2) is 12.2 Å². The highest BCUT2D eigenvalue weighted by atomic mass is 16.5. The summed E-state index contributed by atoms with van der Waals surface area (Å²) in [6.07, 6.45) is 63.4. The highest BCUT2D eigenvalue weighted by Crippen LogP contribution is 2.17. The van der Waals surface area contributed by atoms with E-state index in [9.17, 15) is 19.8 Å². The van der Waals surface area contributed by atoms with Crippen molar-refractivity contribution >= 4 is 11.9 Å². The highest BCUT2D eigenvalue weighted by Gasteiger charge is 2.20. The fourth-order valence-electron chi connectivity index (χ4n) is 9.11. The van der Waals surface area contributed by atoms with Crippen LogP contribution in [0.5, 0.6) is 0 Å². The molecule has 0 aromatic rings. The second-order valence-electron chi connectivity index (χ2n) is 20.0. The van der Waals surface area contributed by atoms with Crippen LogP contribution in [0.25, 0.3) is 0 Å². The number of nitrogens with one attached hydrogen (secondary N) is 1. The van der Waals surface area contributed by atoms with Crippen molar-refractivity contribution < 1.29 is 24.5 Å². The fourth-order valence-corrected chi connectivity index (χ4v) is 9.11. The smallest absolute Gasteiger partial charge is 0.305 e. The standard InChI is InChI=1S/C58H113NO5/c1-3-5-7-9-11-13-15-16-17-18-19-20-21-22-24-27-31-34-38-42-46-50-56(61)55(54-60)59-57(62)51-47-43-39-35-32-28-25-23-26-29-33-37-41-45-49-53-64-58(63)52-48-44-40-36-30-14-12-10-8-6-4-2/h26,29,55-56,60-61H,3-25,27-28,30-54H2,1-2H3,(H,59,62)/b29-26-. The molecule has 0 fully saturated rings. The summed E-state index contributed by atoms with van der Waals surface area (Å²) in [7, 11) is 0. The van der Waals surface area contributed by atoms with Crippen LogP contribution in [0.4, 0.5) is 0 Å². The van der Waals surface area contributed by atoms with E-state index < -0.39 is 12.1 Å². The van der Waals surface area contributed by atoms with Gasteiger partial charge in [0.2, 0.25) is 5.91 Å². The molecule has 0 aromatic carbocycles. The third kappa shape index (κ3) is 50.0. The normalized spacial score (nSPS) is 12.6. The summed E-state index contributed by atoms with van der Waals surface area (Å²) in [6, 6.07) is -0.552. The van der Waals surface area contributed by atoms with E-state index in [0.717, 1.165) is 70.6 Å². The Bertz CT molecular complexity index is 955. The molecule has 0 saturated heterocycles. The van der Waals surface area contributed by atoms with Gasteiger partial charge in [-0.2, -0.15) is 0 Å². The van der Waals surface area contributed by atoms with Gasteiger partial charge in [0.1, 0.15) is 0 Å². The van der Waals surface area contributed by atoms with Crippen molar-refractivity contribution in [2.45, 2.75) is 334 Å². The molecular weight excluding hydrogens is 791 g/mol. The molecule has 0 aliphatic heterocycles. The Balaban J connectivity index is 3.47. The first-order valence-corrected chi connectivity index (χ1v) is 28.9. The van der Waals surface area contributed by atoms with Crippen molar-refractivity contribution in [3.8, 4) is 0 Å². The molecule has 380 valence electrons. The average molecular weight is 905 g/mol. The molecule has 3 N–H and O–H groups in total. The van der Waals surface area contributed by atoms with E-state index in [0.29, 0.717) is 25.9 Å². The zero-order valence-corrected chi connectivity index (χ0v) is 43.3. The van der Waals surface area contributed by atoms with Gasteiger partial charge in [0, 0.05) is 12.8 Å². The molecule has 0 aliphatic rings. The van der Waals surface area contributed by atoms with Crippen LogP contribution in [0.2, 0.25) is 0 Å². The van der Waals surface area contributed by atoms with Crippen LogP contribution in [-0.4, -0.2) is 47.4 Å². The molecule has 0 rings (SSSR count). The minimum atomic E-state index is -0.674. The van der Waals surface area contributed by atoms with Crippen molar-refractivity contribution in [3.05, 3.63) is 12.2 Å². The molecule has 6 heteroatoms. The van der Waals surface area contributed by atoms with E-state index >= 15 is 0 Å². The number of amides is 1. The Morgan fingerprint density at radius 2 is 0.734 bits per heavy atom. The Morgan fingerprint density at radius 1 is 0.422 bits per heavy atom. The maximum absolute atomic E-state index is 12.5. The number of carbonyl (C=O) groups is 2. The van der Waals surface area contributed by atoms with Crippen LogP contribution >= 0.6 is 0 Å². The number of aliphatic hydroxyl groups is 2. The zero-order valence-electron chi connectivity index (χ0n) is 43.3. The molecule has 2 unspecified atom stereocenters. The van der Waals surface area contributed by atoms with E-state index in [1.807, 2.05) is 0 Å². The second kappa shape index (κ2) is 54.2. The SMILES string of the molecule is CCCCCCCCCCCCCCCCCCCCCCCC(O)C(CO)NC(=O)CCCCCCCCC/C=C\CCCCCCOC(=O)CCCCCCCCCCCCC. The lowest BCUT2D eigenvalue weighted by atomic mass is 10.0. The summed E-state index contributed by atoms with van der Waals surface area (Å²) in [5.74, 6) is -0.0564. The molecular formula is C58H113NO5. The summed E-state index contributed by atoms with van der Waals surface area (Å²) in [4.78, 5) is 24.5. The van der Waals surface area contributed by atoms with Gasteiger partial charge in [-0.05, 0) is 51.4 Å². The summed E-state index contributed by atoms with van der Waals surface area (Å²) in [5.41, 5.74) is 0. The number of rotatable bonds is 54. The molecule has 0 heterocycles. The van der Waals surface area contributed by atoms with Crippen molar-refractivity contribution in [1.29, 1.82) is 0 Å². The molecule has 0 saturated carbocycles. The summed E-state index contributed by atoms with van der Waals surface area (Å²) < 4.78 is 5.44. The van der Waals surface area contributed by atoms with Crippen LogP contribution in [-0.2, 0) is 14.3 Å². The molecule has 0 spiro atoms. The van der Waals surface area contributed by atoms with Gasteiger partial charge in [-0.15, -0.1) is 0 Å². The number of aliphatic hydroxyl groups excluding tert-OH is 2. The molecule has 2 atom stereocenters. The first-order valence-electron chi connectivity index (χ1n) is 28.9. The number of carbonyl (C=O) groups excluding carboxylic acids is 2. The summed E-state index contributed by atoms with van der Waals surface area (Å²) >= 11 is 0. The van der Waals surface area contributed by atoms with Gasteiger partial charge in [0.25, 0.3) is 0 Å². The quantitative estimate of drug-likeness (QED) is 0.0321. The second-order valence-corrected chi connectivity index (χ2v) is 20.0. The maximum Gasteiger partial charge on any atom is 0.305 e. The van der Waals surface area contributed by atoms with Crippen LogP contribution in [0.3, 0.4) is 0 Å². The van der Waals surface area contributed by atoms with E-state index in [1.54, 1.807) is 0 Å². The summed E-state index contributed by atoms with van der Waals surface area (Å²) in [6.45, 7) is 4.93.